The van der Waals surface area contributed by atoms with Crippen molar-refractivity contribution in [3.63, 3.8) is 0 Å². The van der Waals surface area contributed by atoms with Gasteiger partial charge in [-0.1, -0.05) is 0 Å². The summed E-state index contributed by atoms with van der Waals surface area (Å²) in [5.74, 6) is 1.78. The lowest BCUT2D eigenvalue weighted by atomic mass is 9.77. The lowest BCUT2D eigenvalue weighted by Crippen LogP contribution is -2.48. The van der Waals surface area contributed by atoms with Gasteiger partial charge in [-0.05, 0) is 57.2 Å². The maximum Gasteiger partial charge on any atom is 0.103 e. The summed E-state index contributed by atoms with van der Waals surface area (Å²) in [6.07, 6.45) is 8.32. The van der Waals surface area contributed by atoms with Crippen molar-refractivity contribution in [2.45, 2.75) is 50.2 Å². The van der Waals surface area contributed by atoms with Crippen molar-refractivity contribution in [1.82, 2.24) is 5.32 Å². The van der Waals surface area contributed by atoms with E-state index in [4.69, 9.17) is 13.9 Å². The molecule has 3 heterocycles. The van der Waals surface area contributed by atoms with Crippen LogP contribution >= 0.6 is 0 Å². The summed E-state index contributed by atoms with van der Waals surface area (Å²) in [5, 5.41) is 3.53. The van der Waals surface area contributed by atoms with Gasteiger partial charge in [-0.15, -0.1) is 0 Å². The molecule has 1 aromatic rings. The Morgan fingerprint density at radius 2 is 2.19 bits per heavy atom. The fourth-order valence-electron chi connectivity index (χ4n) is 3.87. The minimum Gasteiger partial charge on any atom is -0.469 e. The highest BCUT2D eigenvalue weighted by atomic mass is 16.5. The normalized spacial score (nSPS) is 26.8. The van der Waals surface area contributed by atoms with Gasteiger partial charge < -0.3 is 19.2 Å². The highest BCUT2D eigenvalue weighted by Gasteiger charge is 2.40. The first kappa shape index (κ1) is 15.1. The summed E-state index contributed by atoms with van der Waals surface area (Å²) in [6, 6.07) is 4.57. The highest BCUT2D eigenvalue weighted by Crippen LogP contribution is 2.38. The van der Waals surface area contributed by atoms with Crippen LogP contribution in [0.3, 0.4) is 0 Å². The Hall–Kier alpha value is -0.840. The predicted molar refractivity (Wildman–Crippen MR) is 81.3 cm³/mol. The van der Waals surface area contributed by atoms with Crippen LogP contribution in [0.15, 0.2) is 22.8 Å². The molecule has 2 atom stereocenters. The molecule has 2 aliphatic heterocycles. The lowest BCUT2D eigenvalue weighted by Gasteiger charge is -2.45. The molecule has 2 saturated heterocycles. The monoisotopic (exact) mass is 293 g/mol. The van der Waals surface area contributed by atoms with Crippen LogP contribution in [-0.4, -0.2) is 38.5 Å². The zero-order valence-corrected chi connectivity index (χ0v) is 13.0. The number of hydrogen-bond acceptors (Lipinski definition) is 4. The molecule has 1 N–H and O–H groups in total. The summed E-state index contributed by atoms with van der Waals surface area (Å²) in [5.41, 5.74) is 0.0843. The van der Waals surface area contributed by atoms with Crippen molar-refractivity contribution in [2.24, 2.45) is 5.92 Å². The van der Waals surface area contributed by atoms with E-state index >= 15 is 0 Å². The standard InChI is InChI=1S/C17H27NO3/c1-18-16(5-4-15-3-2-9-20-15)14-6-10-21-17(13-14)7-11-19-12-8-17/h2-3,9,14,16,18H,4-8,10-13H2,1H3. The van der Waals surface area contributed by atoms with E-state index < -0.39 is 0 Å². The fraction of sp³-hybridized carbons (Fsp3) is 0.765. The first-order valence-electron chi connectivity index (χ1n) is 8.23. The first-order chi connectivity index (χ1) is 10.3. The van der Waals surface area contributed by atoms with Crippen LogP contribution < -0.4 is 5.32 Å². The van der Waals surface area contributed by atoms with E-state index in [-0.39, 0.29) is 5.60 Å². The van der Waals surface area contributed by atoms with Crippen LogP contribution in [0.1, 0.15) is 37.9 Å². The van der Waals surface area contributed by atoms with Gasteiger partial charge in [-0.3, -0.25) is 0 Å². The quantitative estimate of drug-likeness (QED) is 0.906. The van der Waals surface area contributed by atoms with Gasteiger partial charge in [0.15, 0.2) is 0 Å². The lowest BCUT2D eigenvalue weighted by molar-refractivity contribution is -0.150. The van der Waals surface area contributed by atoms with Gasteiger partial charge in [0.05, 0.1) is 11.9 Å². The number of nitrogens with one attached hydrogen (secondary N) is 1. The summed E-state index contributed by atoms with van der Waals surface area (Å²) in [4.78, 5) is 0. The maximum absolute atomic E-state index is 6.16. The van der Waals surface area contributed by atoms with E-state index in [9.17, 15) is 0 Å². The van der Waals surface area contributed by atoms with Crippen molar-refractivity contribution < 1.29 is 13.9 Å². The summed E-state index contributed by atoms with van der Waals surface area (Å²) in [7, 11) is 2.08. The number of rotatable bonds is 5. The Morgan fingerprint density at radius 3 is 2.90 bits per heavy atom. The van der Waals surface area contributed by atoms with Gasteiger partial charge in [0, 0.05) is 32.3 Å². The molecule has 0 aromatic carbocycles. The Balaban J connectivity index is 1.57. The van der Waals surface area contributed by atoms with Crippen molar-refractivity contribution in [1.29, 1.82) is 0 Å². The molecular weight excluding hydrogens is 266 g/mol. The van der Waals surface area contributed by atoms with Crippen molar-refractivity contribution >= 4 is 0 Å². The van der Waals surface area contributed by atoms with E-state index in [0.29, 0.717) is 12.0 Å². The highest BCUT2D eigenvalue weighted by molar-refractivity contribution is 4.99. The molecule has 1 spiro atoms. The summed E-state index contributed by atoms with van der Waals surface area (Å²) >= 11 is 0. The molecule has 21 heavy (non-hydrogen) atoms. The second-order valence-corrected chi connectivity index (χ2v) is 6.41. The Morgan fingerprint density at radius 1 is 1.33 bits per heavy atom. The van der Waals surface area contributed by atoms with Crippen LogP contribution in [0.2, 0.25) is 0 Å². The molecule has 0 aliphatic carbocycles. The molecular formula is C17H27NO3. The molecule has 3 rings (SSSR count). The Bertz CT molecular complexity index is 406. The van der Waals surface area contributed by atoms with E-state index in [1.807, 2.05) is 6.07 Å². The number of aryl methyl sites for hydroxylation is 1. The molecule has 2 aliphatic rings. The van der Waals surface area contributed by atoms with Gasteiger partial charge in [0.25, 0.3) is 0 Å². The minimum atomic E-state index is 0.0843. The SMILES string of the molecule is CNC(CCc1ccco1)C1CCOC2(CCOCC2)C1. The van der Waals surface area contributed by atoms with Crippen LogP contribution in [-0.2, 0) is 15.9 Å². The van der Waals surface area contributed by atoms with Gasteiger partial charge in [0.2, 0.25) is 0 Å². The van der Waals surface area contributed by atoms with Gasteiger partial charge >= 0.3 is 0 Å². The maximum atomic E-state index is 6.16. The van der Waals surface area contributed by atoms with Crippen LogP contribution in [0, 0.1) is 5.92 Å². The van der Waals surface area contributed by atoms with Crippen LogP contribution in [0.4, 0.5) is 0 Å². The number of ether oxygens (including phenoxy) is 2. The third-order valence-electron chi connectivity index (χ3n) is 5.16. The predicted octanol–water partition coefficient (Wildman–Crippen LogP) is 2.78. The van der Waals surface area contributed by atoms with Crippen LogP contribution in [0.25, 0.3) is 0 Å². The molecule has 2 unspecified atom stereocenters. The van der Waals surface area contributed by atoms with Gasteiger partial charge in [-0.2, -0.15) is 0 Å². The van der Waals surface area contributed by atoms with Crippen molar-refractivity contribution in [3.8, 4) is 0 Å². The minimum absolute atomic E-state index is 0.0843. The molecule has 0 saturated carbocycles. The van der Waals surface area contributed by atoms with E-state index in [1.165, 1.54) is 6.42 Å². The largest absolute Gasteiger partial charge is 0.469 e. The number of furan rings is 1. The molecule has 1 aromatic heterocycles. The van der Waals surface area contributed by atoms with Gasteiger partial charge in [0.1, 0.15) is 5.76 Å². The van der Waals surface area contributed by atoms with Gasteiger partial charge in [-0.25, -0.2) is 0 Å². The average molecular weight is 293 g/mol. The molecule has 0 bridgehead atoms. The second-order valence-electron chi connectivity index (χ2n) is 6.41. The molecule has 2 fully saturated rings. The van der Waals surface area contributed by atoms with E-state index in [0.717, 1.165) is 57.7 Å². The summed E-state index contributed by atoms with van der Waals surface area (Å²) < 4.78 is 17.1. The van der Waals surface area contributed by atoms with E-state index in [1.54, 1.807) is 6.26 Å². The number of hydrogen-bond donors (Lipinski definition) is 1. The molecule has 0 amide bonds. The molecule has 0 radical (unpaired) electrons. The molecule has 4 heteroatoms. The van der Waals surface area contributed by atoms with E-state index in [2.05, 4.69) is 18.4 Å². The zero-order valence-electron chi connectivity index (χ0n) is 13.0. The Kier molecular flexibility index (Phi) is 4.99. The van der Waals surface area contributed by atoms with Crippen molar-refractivity contribution in [3.05, 3.63) is 24.2 Å². The first-order valence-corrected chi connectivity index (χ1v) is 8.23. The average Bonchev–Trinajstić information content (AvgIpc) is 3.02. The smallest absolute Gasteiger partial charge is 0.103 e. The topological polar surface area (TPSA) is 43.6 Å². The van der Waals surface area contributed by atoms with Crippen LogP contribution in [0.5, 0.6) is 0 Å². The Labute approximate surface area is 127 Å². The third kappa shape index (κ3) is 3.68. The third-order valence-corrected chi connectivity index (χ3v) is 5.16. The molecule has 118 valence electrons. The second kappa shape index (κ2) is 6.95. The summed E-state index contributed by atoms with van der Waals surface area (Å²) in [6.45, 7) is 2.59. The fourth-order valence-corrected chi connectivity index (χ4v) is 3.87. The molecule has 4 nitrogen and oxygen atoms in total. The van der Waals surface area contributed by atoms with Crippen molar-refractivity contribution in [2.75, 3.05) is 26.9 Å². The zero-order chi connectivity index (χ0) is 14.5.